The Bertz CT molecular complexity index is 1050. The minimum Gasteiger partial charge on any atom is -0.326 e. The van der Waals surface area contributed by atoms with E-state index < -0.39 is 0 Å². The molecule has 2 aliphatic carbocycles. The van der Waals surface area contributed by atoms with Crippen molar-refractivity contribution in [2.75, 3.05) is 5.32 Å². The van der Waals surface area contributed by atoms with Gasteiger partial charge in [-0.05, 0) is 104 Å². The quantitative estimate of drug-likeness (QED) is 0.525. The maximum absolute atomic E-state index is 13.8. The maximum Gasteiger partial charge on any atom is 0.224 e. The van der Waals surface area contributed by atoms with Gasteiger partial charge in [-0.1, -0.05) is 12.1 Å². The summed E-state index contributed by atoms with van der Waals surface area (Å²) in [4.78, 5) is 16.9. The number of fused-ring (bicyclic) bond motifs is 1. The van der Waals surface area contributed by atoms with Gasteiger partial charge in [-0.2, -0.15) is 0 Å². The lowest BCUT2D eigenvalue weighted by Gasteiger charge is -2.29. The molecule has 3 aromatic rings. The van der Waals surface area contributed by atoms with E-state index in [0.717, 1.165) is 48.2 Å². The van der Waals surface area contributed by atoms with E-state index in [1.165, 1.54) is 30.0 Å². The van der Waals surface area contributed by atoms with Crippen LogP contribution in [0.15, 0.2) is 54.7 Å². The van der Waals surface area contributed by atoms with Crippen molar-refractivity contribution in [2.24, 2.45) is 5.92 Å². The molecule has 0 bridgehead atoms. The van der Waals surface area contributed by atoms with Crippen molar-refractivity contribution in [1.82, 2.24) is 4.98 Å². The predicted molar refractivity (Wildman–Crippen MR) is 118 cm³/mol. The fraction of sp³-hybridized carbons (Fsp3) is 0.385. The number of halogens is 1. The Labute approximate surface area is 176 Å². The van der Waals surface area contributed by atoms with Crippen LogP contribution in [0.25, 0.3) is 10.9 Å². The summed E-state index contributed by atoms with van der Waals surface area (Å²) >= 11 is 0. The molecular weight excluding hydrogens is 375 g/mol. The van der Waals surface area contributed by atoms with Crippen molar-refractivity contribution in [2.45, 2.75) is 56.8 Å². The highest BCUT2D eigenvalue weighted by Crippen LogP contribution is 2.41. The number of carbonyl (C=O) groups excluding carboxylic acids is 1. The Morgan fingerprint density at radius 2 is 1.67 bits per heavy atom. The molecule has 1 N–H and O–H groups in total. The van der Waals surface area contributed by atoms with Crippen LogP contribution in [0.1, 0.15) is 67.9 Å². The molecule has 2 fully saturated rings. The van der Waals surface area contributed by atoms with Gasteiger partial charge in [0.2, 0.25) is 5.91 Å². The normalized spacial score (nSPS) is 21.5. The lowest BCUT2D eigenvalue weighted by molar-refractivity contribution is -0.117. The third-order valence-electron chi connectivity index (χ3n) is 6.74. The molecule has 30 heavy (non-hydrogen) atoms. The van der Waals surface area contributed by atoms with Crippen LogP contribution in [0, 0.1) is 11.7 Å². The molecule has 1 amide bonds. The molecule has 154 valence electrons. The van der Waals surface area contributed by atoms with Crippen LogP contribution in [-0.2, 0) is 4.79 Å². The highest BCUT2D eigenvalue weighted by Gasteiger charge is 2.26. The number of aromatic nitrogens is 1. The van der Waals surface area contributed by atoms with Gasteiger partial charge < -0.3 is 5.32 Å². The standard InChI is InChI=1S/C26H27FN2O/c27-21-9-12-25-24(16-21)23(13-14-28-25)20-3-1-17(2-4-20)15-26(30)29-22-10-7-19(8-11-22)18-5-6-18/h7-14,16-18,20H,1-6,15H2,(H,29,30). The molecule has 0 spiro atoms. The van der Waals surface area contributed by atoms with Gasteiger partial charge >= 0.3 is 0 Å². The van der Waals surface area contributed by atoms with Crippen LogP contribution >= 0.6 is 0 Å². The van der Waals surface area contributed by atoms with Crippen LogP contribution in [0.2, 0.25) is 0 Å². The van der Waals surface area contributed by atoms with Gasteiger partial charge in [-0.3, -0.25) is 9.78 Å². The van der Waals surface area contributed by atoms with Crippen molar-refractivity contribution in [3.63, 3.8) is 0 Å². The molecule has 3 nitrogen and oxygen atoms in total. The second kappa shape index (κ2) is 8.17. The van der Waals surface area contributed by atoms with Crippen LogP contribution in [0.5, 0.6) is 0 Å². The third kappa shape index (κ3) is 4.23. The topological polar surface area (TPSA) is 42.0 Å². The zero-order valence-corrected chi connectivity index (χ0v) is 17.1. The van der Waals surface area contributed by atoms with Gasteiger partial charge in [-0.25, -0.2) is 4.39 Å². The van der Waals surface area contributed by atoms with Crippen molar-refractivity contribution < 1.29 is 9.18 Å². The van der Waals surface area contributed by atoms with E-state index >= 15 is 0 Å². The molecule has 2 aliphatic rings. The SMILES string of the molecule is O=C(CC1CCC(c2ccnc3ccc(F)cc23)CC1)Nc1ccc(C2CC2)cc1. The highest BCUT2D eigenvalue weighted by molar-refractivity contribution is 5.90. The van der Waals surface area contributed by atoms with Gasteiger partial charge in [0, 0.05) is 23.7 Å². The summed E-state index contributed by atoms with van der Waals surface area (Å²) in [5.74, 6) is 1.45. The lowest BCUT2D eigenvalue weighted by Crippen LogP contribution is -2.20. The van der Waals surface area contributed by atoms with Gasteiger partial charge in [-0.15, -0.1) is 0 Å². The first-order valence-electron chi connectivity index (χ1n) is 11.1. The Morgan fingerprint density at radius 3 is 2.40 bits per heavy atom. The summed E-state index contributed by atoms with van der Waals surface area (Å²) in [5, 5.41) is 3.98. The number of carbonyl (C=O) groups is 1. The molecule has 4 heteroatoms. The zero-order chi connectivity index (χ0) is 20.5. The number of pyridine rings is 1. The first-order chi connectivity index (χ1) is 14.7. The summed E-state index contributed by atoms with van der Waals surface area (Å²) in [5.41, 5.74) is 4.32. The van der Waals surface area contributed by atoms with Crippen LogP contribution < -0.4 is 5.32 Å². The average Bonchev–Trinajstić information content (AvgIpc) is 3.60. The monoisotopic (exact) mass is 402 g/mol. The van der Waals surface area contributed by atoms with E-state index in [4.69, 9.17) is 0 Å². The first-order valence-corrected chi connectivity index (χ1v) is 11.1. The maximum atomic E-state index is 13.8. The average molecular weight is 403 g/mol. The number of nitrogens with zero attached hydrogens (tertiary/aromatic N) is 1. The van der Waals surface area contributed by atoms with Crippen LogP contribution in [0.4, 0.5) is 10.1 Å². The number of benzene rings is 2. The fourth-order valence-electron chi connectivity index (χ4n) is 4.90. The smallest absolute Gasteiger partial charge is 0.224 e. The van der Waals surface area contributed by atoms with E-state index in [-0.39, 0.29) is 11.7 Å². The summed E-state index contributed by atoms with van der Waals surface area (Å²) in [6.45, 7) is 0. The van der Waals surface area contributed by atoms with Gasteiger partial charge in [0.1, 0.15) is 5.82 Å². The summed E-state index contributed by atoms with van der Waals surface area (Å²) in [7, 11) is 0. The number of anilines is 1. The number of rotatable bonds is 5. The molecule has 0 aliphatic heterocycles. The molecule has 0 unspecified atom stereocenters. The van der Waals surface area contributed by atoms with Crippen molar-refractivity contribution >= 4 is 22.5 Å². The third-order valence-corrected chi connectivity index (χ3v) is 6.74. The van der Waals surface area contributed by atoms with E-state index in [9.17, 15) is 9.18 Å². The summed E-state index contributed by atoms with van der Waals surface area (Å²) in [6, 6.07) is 15.2. The molecule has 2 aromatic carbocycles. The number of hydrogen-bond donors (Lipinski definition) is 1. The number of hydrogen-bond acceptors (Lipinski definition) is 2. The number of nitrogens with one attached hydrogen (secondary N) is 1. The molecule has 0 radical (unpaired) electrons. The number of amides is 1. The molecule has 0 atom stereocenters. The van der Waals surface area contributed by atoms with Crippen molar-refractivity contribution in [3.8, 4) is 0 Å². The molecule has 0 saturated heterocycles. The Kier molecular flexibility index (Phi) is 5.24. The largest absolute Gasteiger partial charge is 0.326 e. The van der Waals surface area contributed by atoms with Crippen LogP contribution in [-0.4, -0.2) is 10.9 Å². The zero-order valence-electron chi connectivity index (χ0n) is 17.1. The Balaban J connectivity index is 1.17. The predicted octanol–water partition coefficient (Wildman–Crippen LogP) is 6.55. The molecule has 1 heterocycles. The highest BCUT2D eigenvalue weighted by atomic mass is 19.1. The van der Waals surface area contributed by atoms with E-state index in [0.29, 0.717) is 18.3 Å². The molecule has 2 saturated carbocycles. The van der Waals surface area contributed by atoms with Crippen molar-refractivity contribution in [1.29, 1.82) is 0 Å². The molecule has 5 rings (SSSR count). The Hall–Kier alpha value is -2.75. The lowest BCUT2D eigenvalue weighted by atomic mass is 9.77. The van der Waals surface area contributed by atoms with E-state index in [2.05, 4.69) is 22.4 Å². The summed E-state index contributed by atoms with van der Waals surface area (Å²) in [6.07, 6.45) is 9.09. The first kappa shape index (κ1) is 19.2. The van der Waals surface area contributed by atoms with Crippen LogP contribution in [0.3, 0.4) is 0 Å². The second-order valence-electron chi connectivity index (χ2n) is 8.93. The molecular formula is C26H27FN2O. The molecule has 1 aromatic heterocycles. The van der Waals surface area contributed by atoms with Gasteiger partial charge in [0.15, 0.2) is 0 Å². The van der Waals surface area contributed by atoms with Gasteiger partial charge in [0.05, 0.1) is 5.52 Å². The fourth-order valence-corrected chi connectivity index (χ4v) is 4.90. The van der Waals surface area contributed by atoms with Crippen molar-refractivity contribution in [3.05, 3.63) is 71.7 Å². The van der Waals surface area contributed by atoms with Gasteiger partial charge in [0.25, 0.3) is 0 Å². The minimum absolute atomic E-state index is 0.106. The van der Waals surface area contributed by atoms with E-state index in [1.807, 2.05) is 24.4 Å². The second-order valence-corrected chi connectivity index (χ2v) is 8.93. The van der Waals surface area contributed by atoms with E-state index in [1.54, 1.807) is 12.1 Å². The minimum atomic E-state index is -0.215. The summed E-state index contributed by atoms with van der Waals surface area (Å²) < 4.78 is 13.8. The Morgan fingerprint density at radius 1 is 0.933 bits per heavy atom.